The van der Waals surface area contributed by atoms with E-state index in [-0.39, 0.29) is 11.9 Å². The Labute approximate surface area is 112 Å². The molecule has 0 aromatic carbocycles. The molecular weight excluding hydrogens is 244 g/mol. The zero-order valence-electron chi connectivity index (χ0n) is 11.1. The lowest BCUT2D eigenvalue weighted by atomic mass is 10.1. The molecule has 1 aliphatic rings. The zero-order chi connectivity index (χ0) is 13.7. The van der Waals surface area contributed by atoms with Crippen molar-refractivity contribution in [3.05, 3.63) is 23.9 Å². The van der Waals surface area contributed by atoms with Crippen LogP contribution in [0.1, 0.15) is 12.5 Å². The molecule has 2 rings (SSSR count). The van der Waals surface area contributed by atoms with Crippen molar-refractivity contribution in [2.45, 2.75) is 19.5 Å². The van der Waals surface area contributed by atoms with Crippen molar-refractivity contribution in [2.24, 2.45) is 0 Å². The number of pyridine rings is 1. The maximum absolute atomic E-state index is 12.0. The van der Waals surface area contributed by atoms with Gasteiger partial charge in [0, 0.05) is 25.8 Å². The number of carbonyl (C=O) groups is 1. The van der Waals surface area contributed by atoms with E-state index in [1.54, 1.807) is 12.3 Å². The number of rotatable bonds is 4. The van der Waals surface area contributed by atoms with Crippen LogP contribution in [-0.2, 0) is 16.1 Å². The molecule has 0 spiro atoms. The SMILES string of the molecule is CCNC(=O)C1COCCN1Cc1ccc(N)nc1. The monoisotopic (exact) mass is 264 g/mol. The molecule has 1 saturated heterocycles. The molecule has 3 N–H and O–H groups in total. The van der Waals surface area contributed by atoms with Crippen molar-refractivity contribution in [1.29, 1.82) is 0 Å². The highest BCUT2D eigenvalue weighted by atomic mass is 16.5. The molecule has 19 heavy (non-hydrogen) atoms. The van der Waals surface area contributed by atoms with Crippen LogP contribution in [0.4, 0.5) is 5.82 Å². The first-order valence-corrected chi connectivity index (χ1v) is 6.50. The van der Waals surface area contributed by atoms with Gasteiger partial charge in [0.2, 0.25) is 5.91 Å². The summed E-state index contributed by atoms with van der Waals surface area (Å²) in [7, 11) is 0. The molecule has 6 nitrogen and oxygen atoms in total. The second kappa shape index (κ2) is 6.49. The summed E-state index contributed by atoms with van der Waals surface area (Å²) in [5, 5.41) is 2.84. The van der Waals surface area contributed by atoms with Crippen LogP contribution in [0.2, 0.25) is 0 Å². The molecule has 104 valence electrons. The Hall–Kier alpha value is -1.66. The second-order valence-electron chi connectivity index (χ2n) is 4.55. The molecular formula is C13H20N4O2. The van der Waals surface area contributed by atoms with Gasteiger partial charge in [0.25, 0.3) is 0 Å². The summed E-state index contributed by atoms with van der Waals surface area (Å²) in [5.74, 6) is 0.525. The molecule has 6 heteroatoms. The van der Waals surface area contributed by atoms with Crippen LogP contribution >= 0.6 is 0 Å². The molecule has 1 aliphatic heterocycles. The fourth-order valence-corrected chi connectivity index (χ4v) is 2.12. The summed E-state index contributed by atoms with van der Waals surface area (Å²) in [6.45, 7) is 5.06. The molecule has 0 aliphatic carbocycles. The Bertz CT molecular complexity index is 421. The average molecular weight is 264 g/mol. The molecule has 1 atom stereocenters. The lowest BCUT2D eigenvalue weighted by Gasteiger charge is -2.34. The standard InChI is InChI=1S/C13H20N4O2/c1-2-15-13(18)11-9-19-6-5-17(11)8-10-3-4-12(14)16-7-10/h3-4,7,11H,2,5-6,8-9H2,1H3,(H2,14,16)(H,15,18). The topological polar surface area (TPSA) is 80.5 Å². The number of nitrogens with two attached hydrogens (primary N) is 1. The number of hydrogen-bond donors (Lipinski definition) is 2. The second-order valence-corrected chi connectivity index (χ2v) is 4.55. The Morgan fingerprint density at radius 3 is 3.16 bits per heavy atom. The number of morpholine rings is 1. The van der Waals surface area contributed by atoms with E-state index < -0.39 is 0 Å². The average Bonchev–Trinajstić information content (AvgIpc) is 2.42. The molecule has 2 heterocycles. The van der Waals surface area contributed by atoms with Crippen LogP contribution in [0.3, 0.4) is 0 Å². The van der Waals surface area contributed by atoms with Crippen LogP contribution in [-0.4, -0.2) is 48.1 Å². The van der Waals surface area contributed by atoms with Crippen LogP contribution < -0.4 is 11.1 Å². The third-order valence-electron chi connectivity index (χ3n) is 3.13. The van der Waals surface area contributed by atoms with Gasteiger partial charge in [-0.2, -0.15) is 0 Å². The summed E-state index contributed by atoms with van der Waals surface area (Å²) < 4.78 is 5.40. The van der Waals surface area contributed by atoms with Crippen molar-refractivity contribution in [1.82, 2.24) is 15.2 Å². The Balaban J connectivity index is 2.03. The number of aromatic nitrogens is 1. The molecule has 0 radical (unpaired) electrons. The van der Waals surface area contributed by atoms with Crippen LogP contribution in [0, 0.1) is 0 Å². The minimum Gasteiger partial charge on any atom is -0.384 e. The Morgan fingerprint density at radius 2 is 2.47 bits per heavy atom. The van der Waals surface area contributed by atoms with E-state index in [1.165, 1.54) is 0 Å². The predicted molar refractivity (Wildman–Crippen MR) is 72.4 cm³/mol. The first kappa shape index (κ1) is 13.8. The van der Waals surface area contributed by atoms with Gasteiger partial charge in [0.1, 0.15) is 11.9 Å². The van der Waals surface area contributed by atoms with E-state index in [2.05, 4.69) is 15.2 Å². The van der Waals surface area contributed by atoms with Gasteiger partial charge < -0.3 is 15.8 Å². The molecule has 1 aromatic heterocycles. The number of ether oxygens (including phenoxy) is 1. The maximum Gasteiger partial charge on any atom is 0.239 e. The number of nitrogens with one attached hydrogen (secondary N) is 1. The largest absolute Gasteiger partial charge is 0.384 e. The summed E-state index contributed by atoms with van der Waals surface area (Å²) >= 11 is 0. The summed E-state index contributed by atoms with van der Waals surface area (Å²) in [6.07, 6.45) is 1.75. The quantitative estimate of drug-likeness (QED) is 0.800. The van der Waals surface area contributed by atoms with Gasteiger partial charge in [-0.1, -0.05) is 6.07 Å². The highest BCUT2D eigenvalue weighted by Gasteiger charge is 2.28. The van der Waals surface area contributed by atoms with Gasteiger partial charge >= 0.3 is 0 Å². The Kier molecular flexibility index (Phi) is 4.70. The van der Waals surface area contributed by atoms with Crippen molar-refractivity contribution >= 4 is 11.7 Å². The predicted octanol–water partition coefficient (Wildman–Crippen LogP) is 0.000700. The van der Waals surface area contributed by atoms with Gasteiger partial charge in [-0.25, -0.2) is 4.98 Å². The van der Waals surface area contributed by atoms with Crippen LogP contribution in [0.25, 0.3) is 0 Å². The first-order valence-electron chi connectivity index (χ1n) is 6.50. The van der Waals surface area contributed by atoms with E-state index in [9.17, 15) is 4.79 Å². The van der Waals surface area contributed by atoms with E-state index in [4.69, 9.17) is 10.5 Å². The minimum atomic E-state index is -0.230. The highest BCUT2D eigenvalue weighted by molar-refractivity contribution is 5.81. The fourth-order valence-electron chi connectivity index (χ4n) is 2.12. The molecule has 0 bridgehead atoms. The smallest absolute Gasteiger partial charge is 0.239 e. The molecule has 1 fully saturated rings. The Morgan fingerprint density at radius 1 is 1.63 bits per heavy atom. The number of nitrogen functional groups attached to an aromatic ring is 1. The van der Waals surface area contributed by atoms with E-state index in [0.717, 1.165) is 12.1 Å². The lowest BCUT2D eigenvalue weighted by Crippen LogP contribution is -2.53. The number of likely N-dealkylation sites (N-methyl/N-ethyl adjacent to an activating group) is 1. The van der Waals surface area contributed by atoms with E-state index in [1.807, 2.05) is 13.0 Å². The third-order valence-corrected chi connectivity index (χ3v) is 3.13. The summed E-state index contributed by atoms with van der Waals surface area (Å²) in [4.78, 5) is 18.2. The highest BCUT2D eigenvalue weighted by Crippen LogP contribution is 2.12. The first-order chi connectivity index (χ1) is 9.20. The van der Waals surface area contributed by atoms with Crippen LogP contribution in [0.5, 0.6) is 0 Å². The number of nitrogens with zero attached hydrogens (tertiary/aromatic N) is 2. The number of amides is 1. The molecule has 1 amide bonds. The van der Waals surface area contributed by atoms with E-state index in [0.29, 0.717) is 32.1 Å². The molecule has 0 saturated carbocycles. The van der Waals surface area contributed by atoms with Crippen molar-refractivity contribution in [3.8, 4) is 0 Å². The number of anilines is 1. The zero-order valence-corrected chi connectivity index (χ0v) is 11.1. The minimum absolute atomic E-state index is 0.0191. The van der Waals surface area contributed by atoms with Crippen molar-refractivity contribution in [2.75, 3.05) is 32.0 Å². The van der Waals surface area contributed by atoms with Crippen LogP contribution in [0.15, 0.2) is 18.3 Å². The van der Waals surface area contributed by atoms with Crippen molar-refractivity contribution < 1.29 is 9.53 Å². The normalized spacial score (nSPS) is 20.2. The summed E-state index contributed by atoms with van der Waals surface area (Å²) in [5.41, 5.74) is 6.61. The van der Waals surface area contributed by atoms with Gasteiger partial charge in [0.15, 0.2) is 0 Å². The fraction of sp³-hybridized carbons (Fsp3) is 0.538. The molecule has 1 aromatic rings. The van der Waals surface area contributed by atoms with Gasteiger partial charge in [0.05, 0.1) is 13.2 Å². The number of carbonyl (C=O) groups excluding carboxylic acids is 1. The molecule has 1 unspecified atom stereocenters. The number of hydrogen-bond acceptors (Lipinski definition) is 5. The third kappa shape index (κ3) is 3.65. The summed E-state index contributed by atoms with van der Waals surface area (Å²) in [6, 6.07) is 3.48. The van der Waals surface area contributed by atoms with Gasteiger partial charge in [-0.15, -0.1) is 0 Å². The van der Waals surface area contributed by atoms with Gasteiger partial charge in [-0.05, 0) is 18.6 Å². The lowest BCUT2D eigenvalue weighted by molar-refractivity contribution is -0.132. The van der Waals surface area contributed by atoms with Crippen molar-refractivity contribution in [3.63, 3.8) is 0 Å². The maximum atomic E-state index is 12.0. The van der Waals surface area contributed by atoms with Gasteiger partial charge in [-0.3, -0.25) is 9.69 Å². The van der Waals surface area contributed by atoms with E-state index >= 15 is 0 Å².